The molecule has 0 heterocycles. The topological polar surface area (TPSA) is 52.9 Å². The number of hydrogen-bond acceptors (Lipinski definition) is 1. The van der Waals surface area contributed by atoms with Gasteiger partial charge in [-0.3, -0.25) is 5.73 Å². The van der Waals surface area contributed by atoms with Crippen LogP contribution in [0.2, 0.25) is 0 Å². The summed E-state index contributed by atoms with van der Waals surface area (Å²) in [7, 11) is 0. The molecule has 0 atom stereocenters. The van der Waals surface area contributed by atoms with Gasteiger partial charge in [0.2, 0.25) is 0 Å². The second kappa shape index (κ2) is 2.12. The van der Waals surface area contributed by atoms with E-state index in [0.29, 0.717) is 0 Å². The van der Waals surface area contributed by atoms with E-state index in [1.165, 1.54) is 10.8 Å². The number of hydrogen-bond donors (Lipinski definition) is 2. The van der Waals surface area contributed by atoms with Crippen molar-refractivity contribution >= 4 is 12.7 Å². The summed E-state index contributed by atoms with van der Waals surface area (Å²) in [5.41, 5.74) is 4.92. The first-order chi connectivity index (χ1) is 3.18. The number of guanidine groups is 1. The fourth-order valence-corrected chi connectivity index (χ4v) is 0.0983. The summed E-state index contributed by atoms with van der Waals surface area (Å²) in [6.45, 7) is 6.65. The highest BCUT2D eigenvalue weighted by Gasteiger charge is 1.91. The van der Waals surface area contributed by atoms with Crippen molar-refractivity contribution in [2.45, 2.75) is 0 Å². The Morgan fingerprint density at radius 2 is 2.29 bits per heavy atom. The number of nitrogens with zero attached hydrogens (tertiary/aromatic N) is 1. The van der Waals surface area contributed by atoms with E-state index < -0.39 is 0 Å². The highest BCUT2D eigenvalue weighted by Crippen LogP contribution is 1.63. The Bertz CT molecular complexity index is 114. The average molecular weight is 98.1 g/mol. The van der Waals surface area contributed by atoms with Gasteiger partial charge in [-0.15, -0.1) is 5.41 Å². The van der Waals surface area contributed by atoms with Gasteiger partial charge in [0.05, 0.1) is 6.20 Å². The van der Waals surface area contributed by atoms with Crippen LogP contribution < -0.4 is 5.73 Å². The molecular formula is C4H8N3+. The van der Waals surface area contributed by atoms with Gasteiger partial charge in [0.25, 0.3) is 0 Å². The minimum atomic E-state index is -0.102. The third-order valence-electron chi connectivity index (χ3n) is 0.530. The smallest absolute Gasteiger partial charge is 0.287 e. The van der Waals surface area contributed by atoms with Crippen molar-refractivity contribution in [3.8, 4) is 0 Å². The van der Waals surface area contributed by atoms with Crippen LogP contribution in [0.5, 0.6) is 0 Å². The molecule has 0 saturated heterocycles. The van der Waals surface area contributed by atoms with Gasteiger partial charge in [-0.05, 0) is 0 Å². The van der Waals surface area contributed by atoms with E-state index in [0.717, 1.165) is 0 Å². The van der Waals surface area contributed by atoms with E-state index in [4.69, 9.17) is 11.1 Å². The first-order valence-electron chi connectivity index (χ1n) is 1.74. The first-order valence-corrected chi connectivity index (χ1v) is 1.74. The molecule has 0 radical (unpaired) electrons. The number of nitrogens with one attached hydrogen (secondary N) is 1. The van der Waals surface area contributed by atoms with Crippen molar-refractivity contribution in [1.82, 2.24) is 0 Å². The maximum absolute atomic E-state index is 6.67. The van der Waals surface area contributed by atoms with Crippen LogP contribution in [0, 0.1) is 5.41 Å². The highest BCUT2D eigenvalue weighted by atomic mass is 15.1. The molecule has 0 aliphatic carbocycles. The highest BCUT2D eigenvalue weighted by molar-refractivity contribution is 5.67. The zero-order chi connectivity index (χ0) is 5.86. The Labute approximate surface area is 42.3 Å². The minimum absolute atomic E-state index is 0.102. The van der Waals surface area contributed by atoms with Crippen LogP contribution in [0.1, 0.15) is 0 Å². The fourth-order valence-electron chi connectivity index (χ4n) is 0.0983. The minimum Gasteiger partial charge on any atom is -0.287 e. The van der Waals surface area contributed by atoms with E-state index >= 15 is 0 Å². The Hall–Kier alpha value is -1.12. The van der Waals surface area contributed by atoms with Crippen molar-refractivity contribution in [3.63, 3.8) is 0 Å². The first kappa shape index (κ1) is 5.88. The normalized spacial score (nSPS) is 7.43. The third-order valence-corrected chi connectivity index (χ3v) is 0.530. The molecule has 0 unspecified atom stereocenters. The number of nitrogens with two attached hydrogens (primary N) is 1. The summed E-state index contributed by atoms with van der Waals surface area (Å²) in [6, 6.07) is 0. The van der Waals surface area contributed by atoms with E-state index in [-0.39, 0.29) is 5.96 Å². The van der Waals surface area contributed by atoms with Gasteiger partial charge in [0, 0.05) is 6.72 Å². The van der Waals surface area contributed by atoms with Crippen molar-refractivity contribution in [2.75, 3.05) is 0 Å². The molecule has 0 spiro atoms. The summed E-state index contributed by atoms with van der Waals surface area (Å²) in [5.74, 6) is -0.102. The lowest BCUT2D eigenvalue weighted by Gasteiger charge is -1.85. The zero-order valence-corrected chi connectivity index (χ0v) is 4.02. The van der Waals surface area contributed by atoms with Crippen LogP contribution in [-0.2, 0) is 0 Å². The molecule has 0 amide bonds. The second-order valence-electron chi connectivity index (χ2n) is 1.04. The zero-order valence-electron chi connectivity index (χ0n) is 4.02. The molecule has 0 fully saturated rings. The van der Waals surface area contributed by atoms with Gasteiger partial charge in [0.1, 0.15) is 0 Å². The Balaban J connectivity index is 3.81. The Morgan fingerprint density at radius 3 is 2.29 bits per heavy atom. The lowest BCUT2D eigenvalue weighted by molar-refractivity contribution is -0.316. The summed E-state index contributed by atoms with van der Waals surface area (Å²) in [5, 5.41) is 6.67. The lowest BCUT2D eigenvalue weighted by Crippen LogP contribution is -2.21. The van der Waals surface area contributed by atoms with Gasteiger partial charge >= 0.3 is 5.96 Å². The maximum Gasteiger partial charge on any atom is 0.385 e. The molecule has 3 N–H and O–H groups in total. The lowest BCUT2D eigenvalue weighted by atomic mass is 10.8. The maximum atomic E-state index is 6.67. The molecular weight excluding hydrogens is 90.1 g/mol. The van der Waals surface area contributed by atoms with Crippen LogP contribution in [0.3, 0.4) is 0 Å². The summed E-state index contributed by atoms with van der Waals surface area (Å²) < 4.78 is 1.17. The van der Waals surface area contributed by atoms with Gasteiger partial charge < -0.3 is 0 Å². The van der Waals surface area contributed by atoms with Crippen molar-refractivity contribution in [1.29, 1.82) is 5.41 Å². The molecule has 0 aromatic rings. The van der Waals surface area contributed by atoms with Gasteiger partial charge in [-0.2, -0.15) is 0 Å². The van der Waals surface area contributed by atoms with E-state index in [1.807, 2.05) is 0 Å². The summed E-state index contributed by atoms with van der Waals surface area (Å²) in [6.07, 6.45) is 1.36. The van der Waals surface area contributed by atoms with Crippen molar-refractivity contribution in [3.05, 3.63) is 12.8 Å². The van der Waals surface area contributed by atoms with Crippen LogP contribution in [0.4, 0.5) is 0 Å². The standard InChI is InChI=1S/C4H8N3/c1-3-7(2)4(5)6/h3H,1-2H2,(H3,5,6)/q+1. The average Bonchev–Trinajstić information content (AvgIpc) is 1.65. The van der Waals surface area contributed by atoms with Gasteiger partial charge in [-0.1, -0.05) is 6.58 Å². The fraction of sp³-hybridized carbons (Fsp3) is 0. The largest absolute Gasteiger partial charge is 0.385 e. The van der Waals surface area contributed by atoms with Crippen molar-refractivity contribution < 1.29 is 4.58 Å². The van der Waals surface area contributed by atoms with Crippen LogP contribution in [0.15, 0.2) is 12.8 Å². The van der Waals surface area contributed by atoms with Crippen molar-refractivity contribution in [2.24, 2.45) is 5.73 Å². The molecule has 0 aromatic carbocycles. The van der Waals surface area contributed by atoms with E-state index in [9.17, 15) is 0 Å². The molecule has 3 heteroatoms. The Morgan fingerprint density at radius 1 is 1.86 bits per heavy atom. The third kappa shape index (κ3) is 1.70. The monoisotopic (exact) mass is 98.1 g/mol. The molecule has 38 valence electrons. The Kier molecular flexibility index (Phi) is 1.78. The molecule has 0 rings (SSSR count). The summed E-state index contributed by atoms with van der Waals surface area (Å²) in [4.78, 5) is 0. The van der Waals surface area contributed by atoms with Crippen LogP contribution >= 0.6 is 0 Å². The molecule has 7 heavy (non-hydrogen) atoms. The number of rotatable bonds is 1. The van der Waals surface area contributed by atoms with Crippen LogP contribution in [-0.4, -0.2) is 17.3 Å². The molecule has 0 aromatic heterocycles. The molecule has 0 aliphatic heterocycles. The molecule has 0 aliphatic rings. The predicted molar refractivity (Wildman–Crippen MR) is 29.5 cm³/mol. The van der Waals surface area contributed by atoms with Gasteiger partial charge in [0.15, 0.2) is 0 Å². The summed E-state index contributed by atoms with van der Waals surface area (Å²) >= 11 is 0. The van der Waals surface area contributed by atoms with E-state index in [2.05, 4.69) is 13.3 Å². The van der Waals surface area contributed by atoms with Crippen LogP contribution in [0.25, 0.3) is 0 Å². The predicted octanol–water partition coefficient (Wildman–Crippen LogP) is -0.264. The van der Waals surface area contributed by atoms with E-state index in [1.54, 1.807) is 0 Å². The molecule has 0 bridgehead atoms. The molecule has 3 nitrogen and oxygen atoms in total. The molecule has 0 saturated carbocycles. The quantitative estimate of drug-likeness (QED) is 0.265. The van der Waals surface area contributed by atoms with Gasteiger partial charge in [-0.25, -0.2) is 4.58 Å². The second-order valence-corrected chi connectivity index (χ2v) is 1.04. The SMILES string of the molecule is C=C[N+](=C)C(=N)N.